The lowest BCUT2D eigenvalue weighted by molar-refractivity contribution is -0.143. The number of rotatable bonds is 4. The van der Waals surface area contributed by atoms with Crippen LogP contribution in [0.4, 0.5) is 0 Å². The summed E-state index contributed by atoms with van der Waals surface area (Å²) in [4.78, 5) is 13.5. The molecule has 2 heterocycles. The minimum Gasteiger partial charge on any atom is -0.481 e. The van der Waals surface area contributed by atoms with E-state index in [1.165, 1.54) is 0 Å². The van der Waals surface area contributed by atoms with Crippen molar-refractivity contribution in [3.8, 4) is 0 Å². The molecule has 0 radical (unpaired) electrons. The number of carboxylic acids is 1. The van der Waals surface area contributed by atoms with Crippen LogP contribution in [0.3, 0.4) is 0 Å². The first-order chi connectivity index (χ1) is 10.7. The largest absolute Gasteiger partial charge is 0.481 e. The molecule has 2 unspecified atom stereocenters. The number of hydrogen-bond donors (Lipinski definition) is 1. The van der Waals surface area contributed by atoms with Gasteiger partial charge in [0, 0.05) is 11.6 Å². The van der Waals surface area contributed by atoms with Gasteiger partial charge in [0.2, 0.25) is 0 Å². The molecule has 0 bridgehead atoms. The molecular formula is C17H18ClNO3. The Bertz CT molecular complexity index is 641. The lowest BCUT2D eigenvalue weighted by Gasteiger charge is -2.36. The van der Waals surface area contributed by atoms with Crippen molar-refractivity contribution in [2.45, 2.75) is 18.9 Å². The number of halogens is 1. The minimum absolute atomic E-state index is 0.147. The first-order valence-electron chi connectivity index (χ1n) is 7.41. The van der Waals surface area contributed by atoms with E-state index in [9.17, 15) is 9.90 Å². The molecule has 3 rings (SSSR count). The fourth-order valence-corrected chi connectivity index (χ4v) is 3.36. The van der Waals surface area contributed by atoms with Gasteiger partial charge in [-0.05, 0) is 43.1 Å². The maximum Gasteiger partial charge on any atom is 0.307 e. The van der Waals surface area contributed by atoms with E-state index in [0.717, 1.165) is 30.7 Å². The summed E-state index contributed by atoms with van der Waals surface area (Å²) < 4.78 is 5.61. The number of hydrogen-bond acceptors (Lipinski definition) is 3. The van der Waals surface area contributed by atoms with Gasteiger partial charge in [0.1, 0.15) is 5.76 Å². The second-order valence-electron chi connectivity index (χ2n) is 5.61. The molecule has 0 saturated carbocycles. The van der Waals surface area contributed by atoms with Crippen molar-refractivity contribution in [1.82, 2.24) is 4.90 Å². The predicted molar refractivity (Wildman–Crippen MR) is 83.9 cm³/mol. The summed E-state index contributed by atoms with van der Waals surface area (Å²) in [5, 5.41) is 9.99. The summed E-state index contributed by atoms with van der Waals surface area (Å²) in [6.07, 6.45) is 3.22. The molecule has 5 heteroatoms. The first kappa shape index (κ1) is 15.1. The second-order valence-corrected chi connectivity index (χ2v) is 6.02. The van der Waals surface area contributed by atoms with Crippen molar-refractivity contribution in [2.24, 2.45) is 5.92 Å². The van der Waals surface area contributed by atoms with Crippen LogP contribution >= 0.6 is 11.6 Å². The molecule has 1 aliphatic heterocycles. The normalized spacial score (nSPS) is 20.7. The van der Waals surface area contributed by atoms with E-state index < -0.39 is 5.97 Å². The quantitative estimate of drug-likeness (QED) is 0.930. The first-order valence-corrected chi connectivity index (χ1v) is 7.79. The molecule has 1 fully saturated rings. The predicted octanol–water partition coefficient (Wildman–Crippen LogP) is 3.82. The van der Waals surface area contributed by atoms with Gasteiger partial charge in [-0.15, -0.1) is 0 Å². The number of furan rings is 1. The van der Waals surface area contributed by atoms with E-state index in [1.807, 2.05) is 36.4 Å². The Morgan fingerprint density at radius 1 is 1.32 bits per heavy atom. The molecule has 4 nitrogen and oxygen atoms in total. The highest BCUT2D eigenvalue weighted by atomic mass is 35.5. The Kier molecular flexibility index (Phi) is 4.50. The zero-order valence-corrected chi connectivity index (χ0v) is 12.9. The molecule has 0 spiro atoms. The van der Waals surface area contributed by atoms with Gasteiger partial charge in [-0.1, -0.05) is 29.8 Å². The molecule has 1 N–H and O–H groups in total. The van der Waals surface area contributed by atoms with Crippen LogP contribution in [0.25, 0.3) is 0 Å². The molecule has 116 valence electrons. The van der Waals surface area contributed by atoms with Gasteiger partial charge in [0.05, 0.1) is 18.2 Å². The summed E-state index contributed by atoms with van der Waals surface area (Å²) in [7, 11) is 0. The average Bonchev–Trinajstić information content (AvgIpc) is 3.04. The number of aliphatic carboxylic acids is 1. The lowest BCUT2D eigenvalue weighted by atomic mass is 9.94. The van der Waals surface area contributed by atoms with Gasteiger partial charge < -0.3 is 9.52 Å². The van der Waals surface area contributed by atoms with Crippen molar-refractivity contribution >= 4 is 17.6 Å². The summed E-state index contributed by atoms with van der Waals surface area (Å²) in [5.74, 6) is -0.283. The van der Waals surface area contributed by atoms with Crippen LogP contribution in [0.2, 0.25) is 5.02 Å². The van der Waals surface area contributed by atoms with E-state index in [-0.39, 0.29) is 12.0 Å². The molecule has 22 heavy (non-hydrogen) atoms. The van der Waals surface area contributed by atoms with Crippen molar-refractivity contribution in [3.63, 3.8) is 0 Å². The number of piperidine rings is 1. The standard InChI is InChI=1S/C17H18ClNO3/c18-14-7-2-1-6-13(14)16(15-8-4-10-22-15)19-9-3-5-12(11-19)17(20)21/h1-2,4,6-8,10,12,16H,3,5,9,11H2,(H,20,21). The van der Waals surface area contributed by atoms with Gasteiger partial charge in [0.25, 0.3) is 0 Å². The van der Waals surface area contributed by atoms with Gasteiger partial charge in [-0.3, -0.25) is 9.69 Å². The molecule has 0 aliphatic carbocycles. The molecule has 1 aromatic carbocycles. The van der Waals surface area contributed by atoms with Crippen LogP contribution in [-0.2, 0) is 4.79 Å². The highest BCUT2D eigenvalue weighted by Crippen LogP contribution is 2.36. The van der Waals surface area contributed by atoms with Crippen LogP contribution in [-0.4, -0.2) is 29.1 Å². The van der Waals surface area contributed by atoms with E-state index >= 15 is 0 Å². The topological polar surface area (TPSA) is 53.7 Å². The smallest absolute Gasteiger partial charge is 0.307 e. The molecule has 2 aromatic rings. The minimum atomic E-state index is -0.734. The van der Waals surface area contributed by atoms with E-state index in [1.54, 1.807) is 6.26 Å². The van der Waals surface area contributed by atoms with Crippen molar-refractivity contribution < 1.29 is 14.3 Å². The van der Waals surface area contributed by atoms with Gasteiger partial charge in [-0.25, -0.2) is 0 Å². The second kappa shape index (κ2) is 6.55. The SMILES string of the molecule is O=C(O)C1CCCN(C(c2ccco2)c2ccccc2Cl)C1. The van der Waals surface area contributed by atoms with Crippen molar-refractivity contribution in [2.75, 3.05) is 13.1 Å². The highest BCUT2D eigenvalue weighted by molar-refractivity contribution is 6.31. The Hall–Kier alpha value is -1.78. The summed E-state index contributed by atoms with van der Waals surface area (Å²) in [6.45, 7) is 1.34. The molecule has 1 aliphatic rings. The maximum absolute atomic E-state index is 11.3. The maximum atomic E-state index is 11.3. The average molecular weight is 320 g/mol. The Morgan fingerprint density at radius 2 is 2.14 bits per heavy atom. The van der Waals surface area contributed by atoms with Crippen LogP contribution in [0, 0.1) is 5.92 Å². The van der Waals surface area contributed by atoms with Crippen LogP contribution in [0.1, 0.15) is 30.2 Å². The lowest BCUT2D eigenvalue weighted by Crippen LogP contribution is -2.41. The Morgan fingerprint density at radius 3 is 2.82 bits per heavy atom. The fourth-order valence-electron chi connectivity index (χ4n) is 3.12. The third-order valence-electron chi connectivity index (χ3n) is 4.18. The summed E-state index contributed by atoms with van der Waals surface area (Å²) in [6, 6.07) is 11.3. The van der Waals surface area contributed by atoms with E-state index in [0.29, 0.717) is 11.6 Å². The third kappa shape index (κ3) is 3.03. The van der Waals surface area contributed by atoms with Crippen LogP contribution in [0.5, 0.6) is 0 Å². The monoisotopic (exact) mass is 319 g/mol. The fraction of sp³-hybridized carbons (Fsp3) is 0.353. The van der Waals surface area contributed by atoms with E-state index in [4.69, 9.17) is 16.0 Å². The number of likely N-dealkylation sites (tertiary alicyclic amines) is 1. The molecular weight excluding hydrogens is 302 g/mol. The zero-order valence-electron chi connectivity index (χ0n) is 12.1. The Labute approximate surface area is 134 Å². The number of carbonyl (C=O) groups is 1. The van der Waals surface area contributed by atoms with Crippen LogP contribution < -0.4 is 0 Å². The zero-order chi connectivity index (χ0) is 15.5. The Balaban J connectivity index is 1.96. The van der Waals surface area contributed by atoms with E-state index in [2.05, 4.69) is 4.90 Å². The van der Waals surface area contributed by atoms with Gasteiger partial charge in [-0.2, -0.15) is 0 Å². The number of benzene rings is 1. The molecule has 0 amide bonds. The number of nitrogens with zero attached hydrogens (tertiary/aromatic N) is 1. The molecule has 1 aromatic heterocycles. The molecule has 1 saturated heterocycles. The highest BCUT2D eigenvalue weighted by Gasteiger charge is 2.33. The van der Waals surface area contributed by atoms with Gasteiger partial charge >= 0.3 is 5.97 Å². The third-order valence-corrected chi connectivity index (χ3v) is 4.52. The van der Waals surface area contributed by atoms with Gasteiger partial charge in [0.15, 0.2) is 0 Å². The molecule has 2 atom stereocenters. The van der Waals surface area contributed by atoms with Crippen molar-refractivity contribution in [1.29, 1.82) is 0 Å². The summed E-state index contributed by atoms with van der Waals surface area (Å²) in [5.41, 5.74) is 0.949. The number of carboxylic acid groups (broad SMARTS) is 1. The van der Waals surface area contributed by atoms with Crippen LogP contribution in [0.15, 0.2) is 47.1 Å². The van der Waals surface area contributed by atoms with Crippen molar-refractivity contribution in [3.05, 3.63) is 59.0 Å². The summed E-state index contributed by atoms with van der Waals surface area (Å²) >= 11 is 6.37.